The highest BCUT2D eigenvalue weighted by Crippen LogP contribution is 2.46. The molecule has 6 nitrogen and oxygen atoms in total. The average molecular weight is 605 g/mol. The predicted octanol–water partition coefficient (Wildman–Crippen LogP) is 12.6. The Balaban J connectivity index is 1.34. The summed E-state index contributed by atoms with van der Waals surface area (Å²) in [7, 11) is 0. The number of rotatable bonds is 0. The van der Waals surface area contributed by atoms with Gasteiger partial charge < -0.3 is 9.47 Å². The minimum absolute atomic E-state index is 0.713. The van der Waals surface area contributed by atoms with E-state index in [1.807, 2.05) is 60.7 Å². The molecular formula is C40H36N4O2. The molecule has 0 N–H and O–H groups in total. The van der Waals surface area contributed by atoms with E-state index in [0.29, 0.717) is 13.2 Å². The summed E-state index contributed by atoms with van der Waals surface area (Å²) < 4.78 is 12.0. The SMILES string of the molecule is c1ccc2c3c(ccc2c1)N=Nc1ccc(cc1)OCCCCCCCCOc1ccc(cc1)N=Nc1ccc2ccccc2c1-3. The lowest BCUT2D eigenvalue weighted by molar-refractivity contribution is 0.297. The van der Waals surface area contributed by atoms with Crippen molar-refractivity contribution in [2.24, 2.45) is 20.5 Å². The molecule has 0 fully saturated rings. The zero-order valence-corrected chi connectivity index (χ0v) is 25.8. The molecule has 4 bridgehead atoms. The van der Waals surface area contributed by atoms with Gasteiger partial charge in [-0.15, -0.1) is 10.2 Å². The van der Waals surface area contributed by atoms with Gasteiger partial charge in [0.2, 0.25) is 0 Å². The summed E-state index contributed by atoms with van der Waals surface area (Å²) in [6, 6.07) is 40.7. The molecule has 0 aliphatic carbocycles. The van der Waals surface area contributed by atoms with Crippen LogP contribution < -0.4 is 9.47 Å². The second-order valence-electron chi connectivity index (χ2n) is 11.6. The molecule has 0 atom stereocenters. The molecule has 0 aromatic heterocycles. The first kappa shape index (κ1) is 29.4. The molecule has 0 radical (unpaired) electrons. The van der Waals surface area contributed by atoms with Crippen molar-refractivity contribution in [1.29, 1.82) is 0 Å². The van der Waals surface area contributed by atoms with Gasteiger partial charge in [0.15, 0.2) is 0 Å². The third-order valence-corrected chi connectivity index (χ3v) is 8.36. The van der Waals surface area contributed by atoms with E-state index in [9.17, 15) is 0 Å². The quantitative estimate of drug-likeness (QED) is 0.173. The lowest BCUT2D eigenvalue weighted by Gasteiger charge is -2.15. The molecule has 4 aliphatic rings. The first-order chi connectivity index (χ1) is 22.8. The van der Waals surface area contributed by atoms with E-state index < -0.39 is 0 Å². The van der Waals surface area contributed by atoms with Crippen LogP contribution >= 0.6 is 0 Å². The normalized spacial score (nSPS) is 14.4. The Labute approximate surface area is 269 Å². The monoisotopic (exact) mass is 604 g/mol. The molecule has 0 unspecified atom stereocenters. The van der Waals surface area contributed by atoms with Crippen LogP contribution in [-0.2, 0) is 0 Å². The number of nitrogens with zero attached hydrogens (tertiary/aromatic N) is 4. The van der Waals surface area contributed by atoms with Crippen LogP contribution in [0.25, 0.3) is 32.7 Å². The van der Waals surface area contributed by atoms with Crippen molar-refractivity contribution >= 4 is 44.3 Å². The summed E-state index contributed by atoms with van der Waals surface area (Å²) in [5, 5.41) is 23.4. The highest BCUT2D eigenvalue weighted by Gasteiger charge is 2.17. The van der Waals surface area contributed by atoms with Gasteiger partial charge >= 0.3 is 0 Å². The molecule has 10 rings (SSSR count). The zero-order chi connectivity index (χ0) is 31.0. The smallest absolute Gasteiger partial charge is 0.119 e. The molecule has 4 heterocycles. The van der Waals surface area contributed by atoms with Gasteiger partial charge in [0, 0.05) is 11.1 Å². The van der Waals surface area contributed by atoms with Gasteiger partial charge in [-0.1, -0.05) is 86.3 Å². The molecule has 0 spiro atoms. The first-order valence-electron chi connectivity index (χ1n) is 16.1. The van der Waals surface area contributed by atoms with Crippen LogP contribution in [0, 0.1) is 0 Å². The fourth-order valence-electron chi connectivity index (χ4n) is 5.94. The third kappa shape index (κ3) is 6.81. The summed E-state index contributed by atoms with van der Waals surface area (Å²) in [4.78, 5) is 0. The Morgan fingerprint density at radius 1 is 0.370 bits per heavy atom. The van der Waals surface area contributed by atoms with Crippen molar-refractivity contribution in [2.75, 3.05) is 13.2 Å². The van der Waals surface area contributed by atoms with E-state index in [-0.39, 0.29) is 0 Å². The maximum Gasteiger partial charge on any atom is 0.119 e. The summed E-state index contributed by atoms with van der Waals surface area (Å²) in [6.07, 6.45) is 6.83. The molecule has 0 amide bonds. The molecule has 6 aromatic rings. The van der Waals surface area contributed by atoms with Crippen molar-refractivity contribution in [3.63, 3.8) is 0 Å². The third-order valence-electron chi connectivity index (χ3n) is 8.36. The molecule has 4 aliphatic heterocycles. The molecule has 228 valence electrons. The standard InChI is InChI=1S/C40H36N4O2/c1-2-4-10-28-46-34-23-19-32(20-24-34)42-44-38-26-16-30-12-6-8-14-36(30)40(38)39-35-13-7-5-11-29(35)15-25-37(39)43-41-31-17-21-33(22-18-31)45-27-9-3-1/h5-8,11-26H,1-4,9-10,27-28H2. The van der Waals surface area contributed by atoms with Gasteiger partial charge in [-0.05, 0) is 95.1 Å². The minimum Gasteiger partial charge on any atom is -0.494 e. The number of hydrogen-bond acceptors (Lipinski definition) is 6. The Kier molecular flexibility index (Phi) is 9.04. The zero-order valence-electron chi connectivity index (χ0n) is 25.8. The van der Waals surface area contributed by atoms with Gasteiger partial charge in [-0.2, -0.15) is 10.2 Å². The second-order valence-corrected chi connectivity index (χ2v) is 11.6. The van der Waals surface area contributed by atoms with Gasteiger partial charge in [0.05, 0.1) is 36.0 Å². The lowest BCUT2D eigenvalue weighted by atomic mass is 9.91. The van der Waals surface area contributed by atoms with Gasteiger partial charge in [0.1, 0.15) is 11.5 Å². The van der Waals surface area contributed by atoms with E-state index in [1.54, 1.807) is 0 Å². The fraction of sp³-hybridized carbons (Fsp3) is 0.200. The lowest BCUT2D eigenvalue weighted by Crippen LogP contribution is -1.98. The largest absolute Gasteiger partial charge is 0.494 e. The molecule has 0 saturated heterocycles. The van der Waals surface area contributed by atoms with E-state index in [2.05, 4.69) is 70.9 Å². The number of fused-ring (bicyclic) bond motifs is 2. The Morgan fingerprint density at radius 2 is 0.783 bits per heavy atom. The number of azo groups is 2. The first-order valence-corrected chi connectivity index (χ1v) is 16.1. The Morgan fingerprint density at radius 3 is 1.24 bits per heavy atom. The van der Waals surface area contributed by atoms with Crippen LogP contribution in [0.3, 0.4) is 0 Å². The summed E-state index contributed by atoms with van der Waals surface area (Å²) in [5.74, 6) is 1.70. The van der Waals surface area contributed by atoms with Gasteiger partial charge in [-0.25, -0.2) is 0 Å². The van der Waals surface area contributed by atoms with E-state index in [1.165, 1.54) is 12.8 Å². The Bertz CT molecular complexity index is 1850. The Hall–Kier alpha value is -5.36. The highest BCUT2D eigenvalue weighted by molar-refractivity contribution is 6.12. The van der Waals surface area contributed by atoms with E-state index in [4.69, 9.17) is 19.7 Å². The van der Waals surface area contributed by atoms with Crippen LogP contribution in [0.5, 0.6) is 11.5 Å². The number of hydrogen-bond donors (Lipinski definition) is 0. The average Bonchev–Trinajstić information content (AvgIpc) is 3.11. The summed E-state index contributed by atoms with van der Waals surface area (Å²) >= 11 is 0. The van der Waals surface area contributed by atoms with Crippen molar-refractivity contribution < 1.29 is 9.47 Å². The van der Waals surface area contributed by atoms with E-state index in [0.717, 1.165) is 92.6 Å². The second kappa shape index (κ2) is 14.2. The van der Waals surface area contributed by atoms with Crippen LogP contribution in [-0.4, -0.2) is 13.2 Å². The van der Waals surface area contributed by atoms with Gasteiger partial charge in [-0.3, -0.25) is 0 Å². The van der Waals surface area contributed by atoms with Crippen LogP contribution in [0.2, 0.25) is 0 Å². The van der Waals surface area contributed by atoms with Crippen LogP contribution in [0.4, 0.5) is 22.7 Å². The van der Waals surface area contributed by atoms with Crippen molar-refractivity contribution in [2.45, 2.75) is 38.5 Å². The summed E-state index contributed by atoms with van der Waals surface area (Å²) in [6.45, 7) is 1.43. The maximum atomic E-state index is 6.00. The van der Waals surface area contributed by atoms with Crippen molar-refractivity contribution in [1.82, 2.24) is 0 Å². The molecule has 0 saturated carbocycles. The molecule has 6 aromatic carbocycles. The van der Waals surface area contributed by atoms with Crippen LogP contribution in [0.1, 0.15) is 38.5 Å². The summed E-state index contributed by atoms with van der Waals surface area (Å²) in [5.41, 5.74) is 4.98. The predicted molar refractivity (Wildman–Crippen MR) is 187 cm³/mol. The number of ether oxygens (including phenoxy) is 2. The number of benzene rings is 6. The fourth-order valence-corrected chi connectivity index (χ4v) is 5.94. The van der Waals surface area contributed by atoms with Crippen molar-refractivity contribution in [3.05, 3.63) is 121 Å². The highest BCUT2D eigenvalue weighted by atomic mass is 16.5. The van der Waals surface area contributed by atoms with Crippen molar-refractivity contribution in [3.8, 4) is 22.6 Å². The topological polar surface area (TPSA) is 67.9 Å². The molecule has 6 heteroatoms. The minimum atomic E-state index is 0.713. The maximum absolute atomic E-state index is 6.00. The molecule has 46 heavy (non-hydrogen) atoms. The van der Waals surface area contributed by atoms with Gasteiger partial charge in [0.25, 0.3) is 0 Å². The van der Waals surface area contributed by atoms with Crippen LogP contribution in [0.15, 0.2) is 142 Å². The van der Waals surface area contributed by atoms with E-state index >= 15 is 0 Å². The molecular weight excluding hydrogens is 568 g/mol.